The van der Waals surface area contributed by atoms with E-state index in [1.54, 1.807) is 0 Å². The van der Waals surface area contributed by atoms with Crippen molar-refractivity contribution in [2.75, 3.05) is 19.6 Å². The molecule has 0 spiro atoms. The van der Waals surface area contributed by atoms with Gasteiger partial charge in [-0.1, -0.05) is 13.8 Å². The minimum atomic E-state index is 0.0708. The van der Waals surface area contributed by atoms with Crippen LogP contribution in [0.15, 0.2) is 0 Å². The summed E-state index contributed by atoms with van der Waals surface area (Å²) in [6.07, 6.45) is 0.934. The Morgan fingerprint density at radius 2 is 2.21 bits per heavy atom. The average Bonchev–Trinajstić information content (AvgIpc) is 2.14. The molecule has 1 aliphatic heterocycles. The van der Waals surface area contributed by atoms with E-state index >= 15 is 0 Å². The fourth-order valence-corrected chi connectivity index (χ4v) is 1.82. The van der Waals surface area contributed by atoms with Crippen molar-refractivity contribution in [2.24, 2.45) is 5.92 Å². The molecule has 0 aromatic rings. The number of amides is 1. The maximum atomic E-state index is 11.9. The third-order valence-electron chi connectivity index (χ3n) is 2.92. The molecule has 0 bridgehead atoms. The highest BCUT2D eigenvalue weighted by molar-refractivity contribution is 5.78. The van der Waals surface area contributed by atoms with Crippen molar-refractivity contribution in [1.29, 1.82) is 0 Å². The van der Waals surface area contributed by atoms with Gasteiger partial charge in [-0.25, -0.2) is 0 Å². The van der Waals surface area contributed by atoms with Gasteiger partial charge in [-0.05, 0) is 20.3 Å². The molecule has 0 saturated carbocycles. The molecule has 3 heteroatoms. The Hall–Kier alpha value is -0.570. The number of rotatable bonds is 2. The summed E-state index contributed by atoms with van der Waals surface area (Å²) < 4.78 is 0. The van der Waals surface area contributed by atoms with Gasteiger partial charge in [0.1, 0.15) is 0 Å². The second-order valence-electron chi connectivity index (χ2n) is 4.88. The molecule has 82 valence electrons. The highest BCUT2D eigenvalue weighted by Crippen LogP contribution is 2.14. The van der Waals surface area contributed by atoms with Crippen molar-refractivity contribution in [2.45, 2.75) is 39.7 Å². The predicted molar refractivity (Wildman–Crippen MR) is 58.1 cm³/mol. The monoisotopic (exact) mass is 198 g/mol. The molecule has 1 N–H and O–H groups in total. The fourth-order valence-electron chi connectivity index (χ4n) is 1.82. The van der Waals surface area contributed by atoms with Gasteiger partial charge in [0.2, 0.25) is 5.91 Å². The van der Waals surface area contributed by atoms with Crippen molar-refractivity contribution < 1.29 is 4.79 Å². The molecule has 3 nitrogen and oxygen atoms in total. The van der Waals surface area contributed by atoms with E-state index in [0.717, 1.165) is 26.1 Å². The summed E-state index contributed by atoms with van der Waals surface area (Å²) >= 11 is 0. The lowest BCUT2D eigenvalue weighted by Gasteiger charge is -2.40. The van der Waals surface area contributed by atoms with Crippen LogP contribution in [0.2, 0.25) is 0 Å². The molecular weight excluding hydrogens is 176 g/mol. The van der Waals surface area contributed by atoms with Crippen molar-refractivity contribution >= 4 is 5.91 Å². The highest BCUT2D eigenvalue weighted by atomic mass is 16.2. The molecule has 1 rings (SSSR count). The van der Waals surface area contributed by atoms with Gasteiger partial charge in [0.15, 0.2) is 0 Å². The molecular formula is C11H22N2O. The maximum Gasteiger partial charge on any atom is 0.225 e. The Bertz CT molecular complexity index is 213. The van der Waals surface area contributed by atoms with Gasteiger partial charge in [0, 0.05) is 31.1 Å². The predicted octanol–water partition coefficient (Wildman–Crippen LogP) is 1.24. The van der Waals surface area contributed by atoms with Gasteiger partial charge >= 0.3 is 0 Å². The normalized spacial score (nSPS) is 23.3. The van der Waals surface area contributed by atoms with Crippen molar-refractivity contribution in [3.8, 4) is 0 Å². The smallest absolute Gasteiger partial charge is 0.225 e. The first-order valence-corrected chi connectivity index (χ1v) is 5.50. The van der Waals surface area contributed by atoms with Crippen LogP contribution in [0, 0.1) is 5.92 Å². The van der Waals surface area contributed by atoms with E-state index < -0.39 is 0 Å². The summed E-state index contributed by atoms with van der Waals surface area (Å²) in [5, 5.41) is 3.41. The molecule has 1 heterocycles. The third kappa shape index (κ3) is 2.71. The first-order valence-electron chi connectivity index (χ1n) is 5.50. The first kappa shape index (κ1) is 11.5. The summed E-state index contributed by atoms with van der Waals surface area (Å²) in [5.41, 5.74) is 0.0708. The summed E-state index contributed by atoms with van der Waals surface area (Å²) in [7, 11) is 0. The zero-order valence-electron chi connectivity index (χ0n) is 9.76. The van der Waals surface area contributed by atoms with Crippen LogP contribution in [0.25, 0.3) is 0 Å². The second-order valence-corrected chi connectivity index (χ2v) is 4.88. The zero-order chi connectivity index (χ0) is 10.8. The molecule has 0 aromatic carbocycles. The second kappa shape index (κ2) is 4.30. The number of nitrogens with one attached hydrogen (secondary N) is 1. The molecule has 1 amide bonds. The van der Waals surface area contributed by atoms with Gasteiger partial charge in [-0.2, -0.15) is 0 Å². The molecule has 0 aliphatic carbocycles. The highest BCUT2D eigenvalue weighted by Gasteiger charge is 2.29. The number of carbonyl (C=O) groups excluding carboxylic acids is 1. The molecule has 1 saturated heterocycles. The number of hydrogen-bond acceptors (Lipinski definition) is 2. The summed E-state index contributed by atoms with van der Waals surface area (Å²) in [6.45, 7) is 11.0. The molecule has 14 heavy (non-hydrogen) atoms. The standard InChI is InChI=1S/C11H22N2O/c1-5-9(2)10(14)13-7-6-12-11(3,4)8-13/h9,12H,5-8H2,1-4H3. The van der Waals surface area contributed by atoms with Crippen LogP contribution in [0.3, 0.4) is 0 Å². The Kier molecular flexibility index (Phi) is 3.53. The zero-order valence-corrected chi connectivity index (χ0v) is 9.76. The number of hydrogen-bond donors (Lipinski definition) is 1. The van der Waals surface area contributed by atoms with E-state index in [1.165, 1.54) is 0 Å². The lowest BCUT2D eigenvalue weighted by molar-refractivity contribution is -0.137. The van der Waals surface area contributed by atoms with Crippen LogP contribution in [-0.2, 0) is 4.79 Å². The van der Waals surface area contributed by atoms with Crippen LogP contribution in [0.5, 0.6) is 0 Å². The lowest BCUT2D eigenvalue weighted by atomic mass is 10.00. The van der Waals surface area contributed by atoms with Crippen LogP contribution in [0.4, 0.5) is 0 Å². The van der Waals surface area contributed by atoms with Crippen molar-refractivity contribution in [3.05, 3.63) is 0 Å². The van der Waals surface area contributed by atoms with E-state index in [4.69, 9.17) is 0 Å². The van der Waals surface area contributed by atoms with Gasteiger partial charge in [-0.3, -0.25) is 4.79 Å². The molecule has 1 fully saturated rings. The average molecular weight is 198 g/mol. The third-order valence-corrected chi connectivity index (χ3v) is 2.92. The minimum absolute atomic E-state index is 0.0708. The van der Waals surface area contributed by atoms with E-state index in [1.807, 2.05) is 11.8 Å². The number of carbonyl (C=O) groups is 1. The van der Waals surface area contributed by atoms with Crippen molar-refractivity contribution in [1.82, 2.24) is 10.2 Å². The molecule has 0 radical (unpaired) electrons. The van der Waals surface area contributed by atoms with Crippen molar-refractivity contribution in [3.63, 3.8) is 0 Å². The van der Waals surface area contributed by atoms with Gasteiger partial charge in [0.25, 0.3) is 0 Å². The van der Waals surface area contributed by atoms with E-state index in [-0.39, 0.29) is 11.5 Å². The van der Waals surface area contributed by atoms with Gasteiger partial charge in [0.05, 0.1) is 0 Å². The first-order chi connectivity index (χ1) is 6.46. The topological polar surface area (TPSA) is 32.3 Å². The lowest BCUT2D eigenvalue weighted by Crippen LogP contribution is -2.59. The van der Waals surface area contributed by atoms with Gasteiger partial charge < -0.3 is 10.2 Å². The van der Waals surface area contributed by atoms with Crippen LogP contribution in [0.1, 0.15) is 34.1 Å². The van der Waals surface area contributed by atoms with E-state index in [0.29, 0.717) is 5.91 Å². The van der Waals surface area contributed by atoms with Gasteiger partial charge in [-0.15, -0.1) is 0 Å². The molecule has 1 atom stereocenters. The fraction of sp³-hybridized carbons (Fsp3) is 0.909. The Balaban J connectivity index is 2.56. The Morgan fingerprint density at radius 1 is 1.57 bits per heavy atom. The van der Waals surface area contributed by atoms with Crippen LogP contribution >= 0.6 is 0 Å². The van der Waals surface area contributed by atoms with Crippen LogP contribution < -0.4 is 5.32 Å². The maximum absolute atomic E-state index is 11.9. The quantitative estimate of drug-likeness (QED) is 0.724. The van der Waals surface area contributed by atoms with E-state index in [2.05, 4.69) is 26.1 Å². The summed E-state index contributed by atoms with van der Waals surface area (Å²) in [4.78, 5) is 13.9. The Labute approximate surface area is 86.9 Å². The van der Waals surface area contributed by atoms with E-state index in [9.17, 15) is 4.79 Å². The molecule has 1 unspecified atom stereocenters. The largest absolute Gasteiger partial charge is 0.339 e. The van der Waals surface area contributed by atoms with Crippen LogP contribution in [-0.4, -0.2) is 36.0 Å². The number of piperazine rings is 1. The molecule has 0 aromatic heterocycles. The SMILES string of the molecule is CCC(C)C(=O)N1CCNC(C)(C)C1. The number of nitrogens with zero attached hydrogens (tertiary/aromatic N) is 1. The summed E-state index contributed by atoms with van der Waals surface area (Å²) in [6, 6.07) is 0. The summed E-state index contributed by atoms with van der Waals surface area (Å²) in [5.74, 6) is 0.478. The Morgan fingerprint density at radius 3 is 2.71 bits per heavy atom. The molecule has 1 aliphatic rings. The minimum Gasteiger partial charge on any atom is -0.339 e.